The van der Waals surface area contributed by atoms with E-state index >= 15 is 0 Å². The molecule has 2 heterocycles. The Morgan fingerprint density at radius 1 is 0.944 bits per heavy atom. The molecule has 182 valence electrons. The summed E-state index contributed by atoms with van der Waals surface area (Å²) in [7, 11) is 0. The van der Waals surface area contributed by atoms with E-state index < -0.39 is 35.4 Å². The number of nitrogens with one attached hydrogen (secondary N) is 1. The molecular weight excluding hydrogens is 473 g/mol. The third-order valence-corrected chi connectivity index (χ3v) is 6.12. The molecule has 1 aliphatic heterocycles. The van der Waals surface area contributed by atoms with Crippen LogP contribution in [0.5, 0.6) is 0 Å². The molecular formula is C27H19F3N2O4. The fraction of sp³-hybridized carbons (Fsp3) is 0.148. The van der Waals surface area contributed by atoms with Crippen LogP contribution >= 0.6 is 0 Å². The molecule has 0 bridgehead atoms. The van der Waals surface area contributed by atoms with Crippen LogP contribution in [0, 0.1) is 17.5 Å². The summed E-state index contributed by atoms with van der Waals surface area (Å²) in [6.45, 7) is 0.217. The predicted molar refractivity (Wildman–Crippen MR) is 126 cm³/mol. The lowest BCUT2D eigenvalue weighted by Gasteiger charge is -2.13. The first kappa shape index (κ1) is 23.3. The second kappa shape index (κ2) is 9.33. The Hall–Kier alpha value is -4.40. The van der Waals surface area contributed by atoms with Crippen LogP contribution in [-0.2, 0) is 16.1 Å². The van der Waals surface area contributed by atoms with Gasteiger partial charge >= 0.3 is 5.97 Å². The first-order chi connectivity index (χ1) is 17.3. The van der Waals surface area contributed by atoms with Gasteiger partial charge in [0.2, 0.25) is 5.91 Å². The average Bonchev–Trinajstić information content (AvgIpc) is 3.16. The van der Waals surface area contributed by atoms with Gasteiger partial charge in [-0.05, 0) is 47.3 Å². The molecule has 1 N–H and O–H groups in total. The van der Waals surface area contributed by atoms with Crippen molar-refractivity contribution in [1.82, 2.24) is 9.88 Å². The number of benzene rings is 3. The third kappa shape index (κ3) is 4.35. The molecule has 9 heteroatoms. The maximum atomic E-state index is 14.2. The van der Waals surface area contributed by atoms with E-state index in [2.05, 4.69) is 5.32 Å². The van der Waals surface area contributed by atoms with Gasteiger partial charge in [0.05, 0.1) is 17.5 Å². The Morgan fingerprint density at radius 3 is 2.58 bits per heavy atom. The molecule has 3 aromatic carbocycles. The summed E-state index contributed by atoms with van der Waals surface area (Å²) in [5, 5.41) is 3.38. The highest BCUT2D eigenvalue weighted by atomic mass is 19.2. The zero-order valence-corrected chi connectivity index (χ0v) is 18.8. The monoisotopic (exact) mass is 492 g/mol. The van der Waals surface area contributed by atoms with Crippen LogP contribution in [0.1, 0.15) is 28.4 Å². The number of hydrogen-bond acceptors (Lipinski definition) is 4. The molecule has 36 heavy (non-hydrogen) atoms. The Kier molecular flexibility index (Phi) is 6.05. The highest BCUT2D eigenvalue weighted by Crippen LogP contribution is 2.36. The van der Waals surface area contributed by atoms with Crippen molar-refractivity contribution in [3.05, 3.63) is 106 Å². The van der Waals surface area contributed by atoms with Gasteiger partial charge in [0.15, 0.2) is 11.6 Å². The minimum Gasteiger partial charge on any atom is -0.453 e. The number of carbonyl (C=O) groups is 2. The van der Waals surface area contributed by atoms with Gasteiger partial charge in [-0.1, -0.05) is 24.3 Å². The van der Waals surface area contributed by atoms with Crippen LogP contribution in [0.2, 0.25) is 0 Å². The fourth-order valence-electron chi connectivity index (χ4n) is 4.36. The summed E-state index contributed by atoms with van der Waals surface area (Å²) < 4.78 is 48.2. The van der Waals surface area contributed by atoms with Crippen molar-refractivity contribution in [2.45, 2.75) is 19.1 Å². The SMILES string of the molecule is O=C(CC1OC(=O)c2cc(-c3cccc(F)c3F)ccc21)NCCn1c(=O)ccc2ccc(F)cc21. The van der Waals surface area contributed by atoms with Crippen molar-refractivity contribution < 1.29 is 27.5 Å². The topological polar surface area (TPSA) is 77.4 Å². The predicted octanol–water partition coefficient (Wildman–Crippen LogP) is 4.50. The lowest BCUT2D eigenvalue weighted by molar-refractivity contribution is -0.123. The van der Waals surface area contributed by atoms with Crippen LogP contribution in [0.4, 0.5) is 13.2 Å². The molecule has 0 saturated carbocycles. The van der Waals surface area contributed by atoms with E-state index in [1.165, 1.54) is 47.0 Å². The number of halogens is 3. The first-order valence-electron chi connectivity index (χ1n) is 11.2. The molecule has 1 amide bonds. The number of cyclic esters (lactones) is 1. The molecule has 0 radical (unpaired) electrons. The normalized spacial score (nSPS) is 14.5. The largest absolute Gasteiger partial charge is 0.453 e. The summed E-state index contributed by atoms with van der Waals surface area (Å²) >= 11 is 0. The molecule has 5 rings (SSSR count). The van der Waals surface area contributed by atoms with E-state index in [4.69, 9.17) is 4.74 Å². The zero-order valence-electron chi connectivity index (χ0n) is 18.8. The van der Waals surface area contributed by atoms with Gasteiger partial charge in [-0.25, -0.2) is 18.0 Å². The van der Waals surface area contributed by atoms with Crippen LogP contribution in [-0.4, -0.2) is 23.0 Å². The van der Waals surface area contributed by atoms with Gasteiger partial charge < -0.3 is 14.6 Å². The molecule has 1 aliphatic rings. The summed E-state index contributed by atoms with van der Waals surface area (Å²) in [6, 6.07) is 15.4. The Morgan fingerprint density at radius 2 is 1.75 bits per heavy atom. The summed E-state index contributed by atoms with van der Waals surface area (Å²) in [5.74, 6) is -3.57. The van der Waals surface area contributed by atoms with Gasteiger partial charge in [0.1, 0.15) is 11.9 Å². The number of amides is 1. The standard InChI is InChI=1S/C27H19F3N2O4/c28-17-7-4-15-6-9-25(34)32(22(15)13-17)11-10-31-24(33)14-23-19-8-5-16(12-20(19)27(35)36-23)18-2-1-3-21(29)26(18)30/h1-9,12-13,23H,10-11,14H2,(H,31,33). The molecule has 4 aromatic rings. The molecule has 1 aromatic heterocycles. The van der Waals surface area contributed by atoms with Gasteiger partial charge in [0, 0.05) is 30.3 Å². The number of aromatic nitrogens is 1. The average molecular weight is 492 g/mol. The van der Waals surface area contributed by atoms with Crippen molar-refractivity contribution in [3.8, 4) is 11.1 Å². The highest BCUT2D eigenvalue weighted by Gasteiger charge is 2.33. The Bertz CT molecular complexity index is 1580. The number of rotatable bonds is 6. The number of carbonyl (C=O) groups excluding carboxylic acids is 2. The smallest absolute Gasteiger partial charge is 0.339 e. The van der Waals surface area contributed by atoms with Gasteiger partial charge in [-0.15, -0.1) is 0 Å². The Labute approximate surface area is 202 Å². The van der Waals surface area contributed by atoms with Crippen molar-refractivity contribution >= 4 is 22.8 Å². The van der Waals surface area contributed by atoms with Crippen LogP contribution < -0.4 is 10.9 Å². The van der Waals surface area contributed by atoms with Gasteiger partial charge in [0.25, 0.3) is 5.56 Å². The number of nitrogens with zero attached hydrogens (tertiary/aromatic N) is 1. The van der Waals surface area contributed by atoms with Crippen molar-refractivity contribution in [2.24, 2.45) is 0 Å². The highest BCUT2D eigenvalue weighted by molar-refractivity contribution is 5.96. The lowest BCUT2D eigenvalue weighted by atomic mass is 9.96. The van der Waals surface area contributed by atoms with E-state index in [1.807, 2.05) is 0 Å². The fourth-order valence-corrected chi connectivity index (χ4v) is 4.36. The summed E-state index contributed by atoms with van der Waals surface area (Å²) in [5.41, 5.74) is 1.06. The number of ether oxygens (including phenoxy) is 1. The van der Waals surface area contributed by atoms with Crippen molar-refractivity contribution in [1.29, 1.82) is 0 Å². The zero-order chi connectivity index (χ0) is 25.4. The Balaban J connectivity index is 1.27. The lowest BCUT2D eigenvalue weighted by Crippen LogP contribution is -2.31. The molecule has 6 nitrogen and oxygen atoms in total. The van der Waals surface area contributed by atoms with Gasteiger partial charge in [-0.2, -0.15) is 0 Å². The number of esters is 1. The van der Waals surface area contributed by atoms with Crippen LogP contribution in [0.3, 0.4) is 0 Å². The third-order valence-electron chi connectivity index (χ3n) is 6.12. The maximum Gasteiger partial charge on any atom is 0.339 e. The minimum absolute atomic E-state index is 0.00959. The van der Waals surface area contributed by atoms with E-state index in [0.717, 1.165) is 6.07 Å². The quantitative estimate of drug-likeness (QED) is 0.402. The van der Waals surface area contributed by atoms with Crippen LogP contribution in [0.25, 0.3) is 22.0 Å². The van der Waals surface area contributed by atoms with Gasteiger partial charge in [-0.3, -0.25) is 9.59 Å². The van der Waals surface area contributed by atoms with Crippen LogP contribution in [0.15, 0.2) is 71.5 Å². The molecule has 0 aliphatic carbocycles. The van der Waals surface area contributed by atoms with Crippen molar-refractivity contribution in [3.63, 3.8) is 0 Å². The summed E-state index contributed by atoms with van der Waals surface area (Å²) in [6.07, 6.45) is -1.00. The first-order valence-corrected chi connectivity index (χ1v) is 11.2. The molecule has 1 atom stereocenters. The second-order valence-corrected chi connectivity index (χ2v) is 8.38. The number of pyridine rings is 1. The minimum atomic E-state index is -1.02. The van der Waals surface area contributed by atoms with E-state index in [-0.39, 0.29) is 36.2 Å². The maximum absolute atomic E-state index is 14.2. The summed E-state index contributed by atoms with van der Waals surface area (Å²) in [4.78, 5) is 37.2. The van der Waals surface area contributed by atoms with E-state index in [9.17, 15) is 27.6 Å². The molecule has 0 saturated heterocycles. The molecule has 0 fully saturated rings. The van der Waals surface area contributed by atoms with E-state index in [0.29, 0.717) is 22.0 Å². The number of hydrogen-bond donors (Lipinski definition) is 1. The number of fused-ring (bicyclic) bond motifs is 2. The van der Waals surface area contributed by atoms with Crippen molar-refractivity contribution in [2.75, 3.05) is 6.54 Å². The molecule has 1 unspecified atom stereocenters. The second-order valence-electron chi connectivity index (χ2n) is 8.38. The van der Waals surface area contributed by atoms with E-state index in [1.54, 1.807) is 18.2 Å². The molecule has 0 spiro atoms.